The Labute approximate surface area is 95.7 Å². The molecule has 0 bridgehead atoms. The molecular formula is C13H17NO2. The largest absolute Gasteiger partial charge is 0.388 e. The Balaban J connectivity index is 2.36. The summed E-state index contributed by atoms with van der Waals surface area (Å²) < 4.78 is 0. The second kappa shape index (κ2) is 4.26. The van der Waals surface area contributed by atoms with Crippen molar-refractivity contribution in [2.24, 2.45) is 0 Å². The molecule has 1 aromatic carbocycles. The molecule has 16 heavy (non-hydrogen) atoms. The first-order valence-corrected chi connectivity index (χ1v) is 5.78. The normalized spacial score (nSPS) is 16.4. The highest BCUT2D eigenvalue weighted by atomic mass is 16.3. The Hall–Kier alpha value is -1.35. The van der Waals surface area contributed by atoms with Crippen LogP contribution in [0.2, 0.25) is 0 Å². The standard InChI is InChI=1S/C13H17NO2/c1-3-12(15)9-5-6-11-10(7-9)8-13(16)14(11)4-2/h5-7,12,15H,3-4,8H2,1-2H3. The number of amides is 1. The second-order valence-electron chi connectivity index (χ2n) is 4.13. The van der Waals surface area contributed by atoms with Gasteiger partial charge >= 0.3 is 0 Å². The van der Waals surface area contributed by atoms with E-state index in [0.29, 0.717) is 19.4 Å². The third-order valence-electron chi connectivity index (χ3n) is 3.12. The molecule has 1 unspecified atom stereocenters. The lowest BCUT2D eigenvalue weighted by molar-refractivity contribution is -0.117. The number of carbonyl (C=O) groups is 1. The SMILES string of the molecule is CCC(O)c1ccc2c(c1)CC(=O)N2CC. The van der Waals surface area contributed by atoms with Gasteiger partial charge in [0.1, 0.15) is 0 Å². The van der Waals surface area contributed by atoms with Crippen LogP contribution in [-0.2, 0) is 11.2 Å². The van der Waals surface area contributed by atoms with Crippen molar-refractivity contribution in [3.05, 3.63) is 29.3 Å². The Kier molecular flexibility index (Phi) is 2.97. The van der Waals surface area contributed by atoms with Gasteiger partial charge < -0.3 is 10.0 Å². The van der Waals surface area contributed by atoms with Gasteiger partial charge in [0.2, 0.25) is 5.91 Å². The molecule has 86 valence electrons. The third kappa shape index (κ3) is 1.71. The third-order valence-corrected chi connectivity index (χ3v) is 3.12. The lowest BCUT2D eigenvalue weighted by atomic mass is 10.0. The molecule has 0 saturated carbocycles. The number of fused-ring (bicyclic) bond motifs is 1. The number of aliphatic hydroxyl groups is 1. The molecule has 1 N–H and O–H groups in total. The van der Waals surface area contributed by atoms with Gasteiger partial charge in [0.15, 0.2) is 0 Å². The van der Waals surface area contributed by atoms with Gasteiger partial charge in [-0.25, -0.2) is 0 Å². The van der Waals surface area contributed by atoms with E-state index in [4.69, 9.17) is 0 Å². The molecule has 1 aliphatic heterocycles. The summed E-state index contributed by atoms with van der Waals surface area (Å²) in [6.07, 6.45) is 0.744. The number of hydrogen-bond acceptors (Lipinski definition) is 2. The zero-order chi connectivity index (χ0) is 11.7. The van der Waals surface area contributed by atoms with Gasteiger partial charge in [-0.15, -0.1) is 0 Å². The molecule has 1 heterocycles. The zero-order valence-corrected chi connectivity index (χ0v) is 9.73. The van der Waals surface area contributed by atoms with Crippen LogP contribution in [-0.4, -0.2) is 17.6 Å². The van der Waals surface area contributed by atoms with Crippen molar-refractivity contribution >= 4 is 11.6 Å². The van der Waals surface area contributed by atoms with Crippen LogP contribution < -0.4 is 4.90 Å². The quantitative estimate of drug-likeness (QED) is 0.845. The number of rotatable bonds is 3. The molecule has 1 amide bonds. The predicted octanol–water partition coefficient (Wildman–Crippen LogP) is 2.04. The summed E-state index contributed by atoms with van der Waals surface area (Å²) in [5.41, 5.74) is 2.95. The summed E-state index contributed by atoms with van der Waals surface area (Å²) in [5, 5.41) is 9.75. The van der Waals surface area contributed by atoms with Gasteiger partial charge in [0.05, 0.1) is 12.5 Å². The Morgan fingerprint density at radius 2 is 2.19 bits per heavy atom. The van der Waals surface area contributed by atoms with Crippen LogP contribution in [0.5, 0.6) is 0 Å². The van der Waals surface area contributed by atoms with E-state index in [2.05, 4.69) is 0 Å². The molecule has 0 aromatic heterocycles. The maximum absolute atomic E-state index is 11.7. The van der Waals surface area contributed by atoms with Crippen molar-refractivity contribution in [3.63, 3.8) is 0 Å². The molecule has 0 saturated heterocycles. The van der Waals surface area contributed by atoms with E-state index in [-0.39, 0.29) is 5.91 Å². The van der Waals surface area contributed by atoms with Crippen LogP contribution in [0.3, 0.4) is 0 Å². The van der Waals surface area contributed by atoms with Crippen molar-refractivity contribution in [2.75, 3.05) is 11.4 Å². The van der Waals surface area contributed by atoms with Crippen molar-refractivity contribution in [2.45, 2.75) is 32.8 Å². The fourth-order valence-corrected chi connectivity index (χ4v) is 2.19. The summed E-state index contributed by atoms with van der Waals surface area (Å²) in [4.78, 5) is 13.5. The molecule has 3 nitrogen and oxygen atoms in total. The van der Waals surface area contributed by atoms with Crippen LogP contribution in [0.25, 0.3) is 0 Å². The molecule has 1 aliphatic rings. The zero-order valence-electron chi connectivity index (χ0n) is 9.73. The highest BCUT2D eigenvalue weighted by Gasteiger charge is 2.26. The molecule has 0 radical (unpaired) electrons. The highest BCUT2D eigenvalue weighted by Crippen LogP contribution is 2.31. The molecule has 0 aliphatic carbocycles. The smallest absolute Gasteiger partial charge is 0.231 e. The van der Waals surface area contributed by atoms with Gasteiger partial charge in [-0.2, -0.15) is 0 Å². The number of benzene rings is 1. The fourth-order valence-electron chi connectivity index (χ4n) is 2.19. The molecular weight excluding hydrogens is 202 g/mol. The summed E-state index contributed by atoms with van der Waals surface area (Å²) >= 11 is 0. The first-order chi connectivity index (χ1) is 7.67. The number of aliphatic hydroxyl groups excluding tert-OH is 1. The molecule has 2 rings (SSSR count). The monoisotopic (exact) mass is 219 g/mol. The highest BCUT2D eigenvalue weighted by molar-refractivity contribution is 6.01. The van der Waals surface area contributed by atoms with Gasteiger partial charge in [-0.05, 0) is 30.5 Å². The van der Waals surface area contributed by atoms with Crippen LogP contribution in [0.4, 0.5) is 5.69 Å². The first kappa shape index (κ1) is 11.1. The van der Waals surface area contributed by atoms with Crippen molar-refractivity contribution in [1.29, 1.82) is 0 Å². The Morgan fingerprint density at radius 3 is 2.81 bits per heavy atom. The number of likely N-dealkylation sites (N-methyl/N-ethyl adjacent to an activating group) is 1. The minimum Gasteiger partial charge on any atom is -0.388 e. The molecule has 1 atom stereocenters. The Bertz CT molecular complexity index is 414. The number of hydrogen-bond donors (Lipinski definition) is 1. The Morgan fingerprint density at radius 1 is 1.44 bits per heavy atom. The number of nitrogens with zero attached hydrogens (tertiary/aromatic N) is 1. The van der Waals surface area contributed by atoms with E-state index in [0.717, 1.165) is 16.8 Å². The van der Waals surface area contributed by atoms with Crippen molar-refractivity contribution in [1.82, 2.24) is 0 Å². The van der Waals surface area contributed by atoms with Crippen molar-refractivity contribution in [3.8, 4) is 0 Å². The molecule has 0 fully saturated rings. The van der Waals surface area contributed by atoms with Crippen LogP contribution in [0.15, 0.2) is 18.2 Å². The van der Waals surface area contributed by atoms with E-state index >= 15 is 0 Å². The first-order valence-electron chi connectivity index (χ1n) is 5.78. The van der Waals surface area contributed by atoms with Crippen LogP contribution in [0.1, 0.15) is 37.5 Å². The maximum atomic E-state index is 11.7. The average molecular weight is 219 g/mol. The minimum atomic E-state index is -0.420. The van der Waals surface area contributed by atoms with E-state index in [1.54, 1.807) is 4.90 Å². The van der Waals surface area contributed by atoms with Crippen LogP contribution >= 0.6 is 0 Å². The van der Waals surface area contributed by atoms with Gasteiger partial charge in [0, 0.05) is 12.2 Å². The lowest BCUT2D eigenvalue weighted by Gasteiger charge is -2.15. The van der Waals surface area contributed by atoms with Gasteiger partial charge in [-0.3, -0.25) is 4.79 Å². The predicted molar refractivity (Wildman–Crippen MR) is 63.4 cm³/mol. The topological polar surface area (TPSA) is 40.5 Å². The summed E-state index contributed by atoms with van der Waals surface area (Å²) in [7, 11) is 0. The molecule has 1 aromatic rings. The fraction of sp³-hybridized carbons (Fsp3) is 0.462. The van der Waals surface area contributed by atoms with Gasteiger partial charge in [0.25, 0.3) is 0 Å². The summed E-state index contributed by atoms with van der Waals surface area (Å²) in [5.74, 6) is 0.153. The van der Waals surface area contributed by atoms with Crippen molar-refractivity contribution < 1.29 is 9.90 Å². The van der Waals surface area contributed by atoms with Gasteiger partial charge in [-0.1, -0.05) is 19.1 Å². The van der Waals surface area contributed by atoms with Crippen LogP contribution in [0, 0.1) is 0 Å². The maximum Gasteiger partial charge on any atom is 0.231 e. The number of anilines is 1. The second-order valence-corrected chi connectivity index (χ2v) is 4.13. The minimum absolute atomic E-state index is 0.153. The van der Waals surface area contributed by atoms with E-state index in [1.807, 2.05) is 32.0 Å². The van der Waals surface area contributed by atoms with E-state index < -0.39 is 6.10 Å². The summed E-state index contributed by atoms with van der Waals surface area (Å²) in [6.45, 7) is 4.63. The lowest BCUT2D eigenvalue weighted by Crippen LogP contribution is -2.25. The average Bonchev–Trinajstić information content (AvgIpc) is 2.62. The van der Waals surface area contributed by atoms with E-state index in [9.17, 15) is 9.90 Å². The summed E-state index contributed by atoms with van der Waals surface area (Å²) in [6, 6.07) is 5.81. The molecule has 3 heteroatoms. The number of carbonyl (C=O) groups excluding carboxylic acids is 1. The molecule has 0 spiro atoms. The van der Waals surface area contributed by atoms with E-state index in [1.165, 1.54) is 0 Å².